The Hall–Kier alpha value is -3.04. The molecule has 0 bridgehead atoms. The van der Waals surface area contributed by atoms with Crippen molar-refractivity contribution < 1.29 is 19.1 Å². The predicted molar refractivity (Wildman–Crippen MR) is 97.3 cm³/mol. The van der Waals surface area contributed by atoms with Gasteiger partial charge in [0, 0.05) is 18.0 Å². The van der Waals surface area contributed by atoms with E-state index in [2.05, 4.69) is 5.32 Å². The number of ether oxygens (including phenoxy) is 1. The minimum atomic E-state index is -0.657. The van der Waals surface area contributed by atoms with E-state index in [9.17, 15) is 14.4 Å². The fraction of sp³-hybridized carbons (Fsp3) is 0.389. The number of rotatable bonds is 8. The van der Waals surface area contributed by atoms with Crippen molar-refractivity contribution >= 4 is 35.2 Å². The van der Waals surface area contributed by atoms with E-state index in [4.69, 9.17) is 15.3 Å². The first-order chi connectivity index (χ1) is 13.0. The van der Waals surface area contributed by atoms with Crippen molar-refractivity contribution in [2.45, 2.75) is 29.4 Å². The Labute approximate surface area is 161 Å². The number of thioether (sulfide) groups is 1. The first-order valence-electron chi connectivity index (χ1n) is 8.29. The van der Waals surface area contributed by atoms with E-state index in [1.807, 2.05) is 30.3 Å². The van der Waals surface area contributed by atoms with Crippen LogP contribution in [0.3, 0.4) is 0 Å². The van der Waals surface area contributed by atoms with Crippen LogP contribution in [0.2, 0.25) is 0 Å². The molecule has 8 nitrogen and oxygen atoms in total. The standard InChI is InChI=1S/C18H18N4O4S/c19-7-3-9-22(10-4-8-20)16(23)12-26-17(24)11-15-18(25)21-13-5-1-2-6-14(13)27-15/h1-2,5-6,15H,3-4,9-12H2,(H,21,25)/t15-/m1/s1. The summed E-state index contributed by atoms with van der Waals surface area (Å²) in [4.78, 5) is 38.4. The lowest BCUT2D eigenvalue weighted by Crippen LogP contribution is -2.37. The lowest BCUT2D eigenvalue weighted by Gasteiger charge is -2.23. The molecule has 0 fully saturated rings. The zero-order chi connectivity index (χ0) is 19.6. The van der Waals surface area contributed by atoms with Gasteiger partial charge < -0.3 is 15.0 Å². The average Bonchev–Trinajstić information content (AvgIpc) is 2.67. The van der Waals surface area contributed by atoms with Crippen LogP contribution in [0.25, 0.3) is 0 Å². The van der Waals surface area contributed by atoms with Crippen molar-refractivity contribution in [1.29, 1.82) is 10.5 Å². The van der Waals surface area contributed by atoms with Gasteiger partial charge in [0.15, 0.2) is 6.61 Å². The quantitative estimate of drug-likeness (QED) is 0.674. The van der Waals surface area contributed by atoms with E-state index >= 15 is 0 Å². The summed E-state index contributed by atoms with van der Waals surface area (Å²) < 4.78 is 4.99. The SMILES string of the molecule is N#CCCN(CCC#N)C(=O)COC(=O)C[C@H]1Sc2ccccc2NC1=O. The molecule has 140 valence electrons. The number of nitrogens with zero attached hydrogens (tertiary/aromatic N) is 3. The maximum atomic E-state index is 12.1. The molecule has 0 saturated carbocycles. The highest BCUT2D eigenvalue weighted by molar-refractivity contribution is 8.01. The molecule has 0 saturated heterocycles. The molecule has 1 aromatic carbocycles. The molecule has 1 N–H and O–H groups in total. The fourth-order valence-corrected chi connectivity index (χ4v) is 3.50. The number of para-hydroxylation sites is 1. The third kappa shape index (κ3) is 6.01. The lowest BCUT2D eigenvalue weighted by atomic mass is 10.2. The molecule has 2 amide bonds. The number of amides is 2. The smallest absolute Gasteiger partial charge is 0.307 e. The van der Waals surface area contributed by atoms with E-state index in [-0.39, 0.29) is 38.3 Å². The summed E-state index contributed by atoms with van der Waals surface area (Å²) in [5.74, 6) is -1.41. The van der Waals surface area contributed by atoms with Gasteiger partial charge in [-0.2, -0.15) is 10.5 Å². The Kier molecular flexibility index (Phi) is 7.65. The van der Waals surface area contributed by atoms with Crippen molar-refractivity contribution in [3.63, 3.8) is 0 Å². The third-order valence-electron chi connectivity index (χ3n) is 3.76. The molecule has 2 rings (SSSR count). The van der Waals surface area contributed by atoms with Crippen molar-refractivity contribution in [1.82, 2.24) is 4.90 Å². The summed E-state index contributed by atoms with van der Waals surface area (Å²) in [5.41, 5.74) is 0.706. The van der Waals surface area contributed by atoms with E-state index in [0.29, 0.717) is 5.69 Å². The zero-order valence-electron chi connectivity index (χ0n) is 14.5. The second-order valence-corrected chi connectivity index (χ2v) is 6.90. The maximum Gasteiger partial charge on any atom is 0.307 e. The first-order valence-corrected chi connectivity index (χ1v) is 9.17. The number of carbonyl (C=O) groups excluding carboxylic acids is 3. The molecule has 0 aliphatic carbocycles. The van der Waals surface area contributed by atoms with Gasteiger partial charge in [0.25, 0.3) is 5.91 Å². The summed E-state index contributed by atoms with van der Waals surface area (Å²) >= 11 is 1.28. The van der Waals surface area contributed by atoms with E-state index in [1.165, 1.54) is 16.7 Å². The molecule has 0 spiro atoms. The minimum absolute atomic E-state index is 0.128. The van der Waals surface area contributed by atoms with E-state index in [1.54, 1.807) is 6.07 Å². The van der Waals surface area contributed by atoms with Crippen LogP contribution >= 0.6 is 11.8 Å². The highest BCUT2D eigenvalue weighted by Crippen LogP contribution is 2.36. The van der Waals surface area contributed by atoms with Gasteiger partial charge in [0.2, 0.25) is 5.91 Å². The van der Waals surface area contributed by atoms with Gasteiger partial charge in [0.1, 0.15) is 0 Å². The molecule has 1 aromatic rings. The molecule has 27 heavy (non-hydrogen) atoms. The lowest BCUT2D eigenvalue weighted by molar-refractivity contribution is -0.152. The predicted octanol–water partition coefficient (Wildman–Crippen LogP) is 1.69. The van der Waals surface area contributed by atoms with Gasteiger partial charge in [-0.05, 0) is 12.1 Å². The van der Waals surface area contributed by atoms with E-state index in [0.717, 1.165) is 4.90 Å². The van der Waals surface area contributed by atoms with Gasteiger partial charge in [-0.25, -0.2) is 0 Å². The van der Waals surface area contributed by atoms with Crippen molar-refractivity contribution in [3.05, 3.63) is 24.3 Å². The normalized spacial score (nSPS) is 14.9. The summed E-state index contributed by atoms with van der Waals surface area (Å²) in [5, 5.41) is 19.4. The highest BCUT2D eigenvalue weighted by Gasteiger charge is 2.29. The van der Waals surface area contributed by atoms with Crippen LogP contribution in [-0.4, -0.2) is 47.6 Å². The molecular weight excluding hydrogens is 368 g/mol. The Morgan fingerprint density at radius 1 is 1.19 bits per heavy atom. The van der Waals surface area contributed by atoms with Gasteiger partial charge in [-0.1, -0.05) is 12.1 Å². The van der Waals surface area contributed by atoms with Crippen LogP contribution in [-0.2, 0) is 19.1 Å². The summed E-state index contributed by atoms with van der Waals surface area (Å²) in [6, 6.07) is 11.1. The van der Waals surface area contributed by atoms with Crippen LogP contribution < -0.4 is 5.32 Å². The van der Waals surface area contributed by atoms with Crippen LogP contribution in [0.1, 0.15) is 19.3 Å². The van der Waals surface area contributed by atoms with Crippen LogP contribution in [0.5, 0.6) is 0 Å². The summed E-state index contributed by atoms with van der Waals surface area (Å²) in [6.45, 7) is -0.135. The van der Waals surface area contributed by atoms with Gasteiger partial charge >= 0.3 is 5.97 Å². The Bertz CT molecular complexity index is 781. The Balaban J connectivity index is 1.84. The molecule has 1 heterocycles. The number of hydrogen-bond acceptors (Lipinski definition) is 7. The van der Waals surface area contributed by atoms with Crippen LogP contribution in [0.15, 0.2) is 29.2 Å². The van der Waals surface area contributed by atoms with E-state index < -0.39 is 23.7 Å². The summed E-state index contributed by atoms with van der Waals surface area (Å²) in [6.07, 6.45) is 0.0985. The molecule has 1 aliphatic rings. The Morgan fingerprint density at radius 3 is 2.52 bits per heavy atom. The fourth-order valence-electron chi connectivity index (χ4n) is 2.40. The molecule has 9 heteroatoms. The number of hydrogen-bond donors (Lipinski definition) is 1. The van der Waals surface area contributed by atoms with Crippen LogP contribution in [0, 0.1) is 22.7 Å². The van der Waals surface area contributed by atoms with Crippen LogP contribution in [0.4, 0.5) is 5.69 Å². The monoisotopic (exact) mass is 386 g/mol. The average molecular weight is 386 g/mol. The first kappa shape index (κ1) is 20.3. The molecule has 0 unspecified atom stereocenters. The van der Waals surface area contributed by atoms with Crippen molar-refractivity contribution in [2.75, 3.05) is 25.0 Å². The molecule has 1 atom stereocenters. The topological polar surface area (TPSA) is 123 Å². The number of nitriles is 2. The number of carbonyl (C=O) groups is 3. The largest absolute Gasteiger partial charge is 0.456 e. The summed E-state index contributed by atoms with van der Waals surface area (Å²) in [7, 11) is 0. The molecular formula is C18H18N4O4S. The van der Waals surface area contributed by atoms with Gasteiger partial charge in [-0.15, -0.1) is 11.8 Å². The van der Waals surface area contributed by atoms with Gasteiger partial charge in [0.05, 0.1) is 42.3 Å². The number of anilines is 1. The second-order valence-electron chi connectivity index (χ2n) is 5.65. The maximum absolute atomic E-state index is 12.1. The Morgan fingerprint density at radius 2 is 1.85 bits per heavy atom. The molecule has 0 radical (unpaired) electrons. The minimum Gasteiger partial charge on any atom is -0.456 e. The van der Waals surface area contributed by atoms with Gasteiger partial charge in [-0.3, -0.25) is 14.4 Å². The van der Waals surface area contributed by atoms with Crippen molar-refractivity contribution in [2.24, 2.45) is 0 Å². The number of esters is 1. The number of benzene rings is 1. The zero-order valence-corrected chi connectivity index (χ0v) is 15.3. The van der Waals surface area contributed by atoms with Crippen molar-refractivity contribution in [3.8, 4) is 12.1 Å². The molecule has 0 aromatic heterocycles. The third-order valence-corrected chi connectivity index (χ3v) is 5.03. The number of nitrogens with one attached hydrogen (secondary N) is 1. The number of fused-ring (bicyclic) bond motifs is 1. The second kappa shape index (κ2) is 10.2. The molecule has 1 aliphatic heterocycles. The highest BCUT2D eigenvalue weighted by atomic mass is 32.2.